The van der Waals surface area contributed by atoms with Crippen LogP contribution in [0.25, 0.3) is 0 Å². The topological polar surface area (TPSA) is 38.3 Å². The first-order chi connectivity index (χ1) is 7.29. The van der Waals surface area contributed by atoms with Crippen LogP contribution in [0.15, 0.2) is 0 Å². The van der Waals surface area contributed by atoms with Crippen LogP contribution in [0, 0.1) is 16.7 Å². The van der Waals surface area contributed by atoms with Crippen LogP contribution < -0.4 is 5.32 Å². The molecule has 1 rings (SSSR count). The van der Waals surface area contributed by atoms with E-state index in [-0.39, 0.29) is 12.0 Å². The van der Waals surface area contributed by atoms with Gasteiger partial charge < -0.3 is 10.1 Å². The fraction of sp³-hybridized carbons (Fsp3) is 0.923. The number of methoxy groups -OCH3 is 1. The van der Waals surface area contributed by atoms with E-state index in [1.807, 2.05) is 6.92 Å². The maximum atomic E-state index is 11.4. The first kappa shape index (κ1) is 13.5. The number of esters is 1. The largest absolute Gasteiger partial charge is 0.468 e. The Morgan fingerprint density at radius 3 is 2.12 bits per heavy atom. The van der Waals surface area contributed by atoms with E-state index in [1.165, 1.54) is 7.11 Å². The highest BCUT2D eigenvalue weighted by Gasteiger charge is 2.63. The zero-order valence-corrected chi connectivity index (χ0v) is 11.4. The van der Waals surface area contributed by atoms with Crippen molar-refractivity contribution in [2.24, 2.45) is 16.7 Å². The Bertz CT molecular complexity index is 257. The summed E-state index contributed by atoms with van der Waals surface area (Å²) in [6.07, 6.45) is 0.778. The summed E-state index contributed by atoms with van der Waals surface area (Å²) >= 11 is 0. The molecule has 1 aliphatic rings. The molecule has 16 heavy (non-hydrogen) atoms. The first-order valence-corrected chi connectivity index (χ1v) is 6.10. The maximum absolute atomic E-state index is 11.4. The lowest BCUT2D eigenvalue weighted by atomic mass is 10.0. The molecule has 1 saturated carbocycles. The van der Waals surface area contributed by atoms with E-state index < -0.39 is 0 Å². The highest BCUT2D eigenvalue weighted by atomic mass is 16.5. The standard InChI is InChI=1S/C13H25NO2/c1-7-9(11(15)16-6)14-8-10-12(2,3)13(10,4)5/h9-10,14H,7-8H2,1-6H3. The molecular formula is C13H25NO2. The summed E-state index contributed by atoms with van der Waals surface area (Å²) < 4.78 is 4.76. The van der Waals surface area contributed by atoms with E-state index in [0.717, 1.165) is 13.0 Å². The Kier molecular flexibility index (Phi) is 3.68. The maximum Gasteiger partial charge on any atom is 0.322 e. The molecular weight excluding hydrogens is 202 g/mol. The van der Waals surface area contributed by atoms with Crippen molar-refractivity contribution in [3.8, 4) is 0 Å². The van der Waals surface area contributed by atoms with Crippen LogP contribution in [0.2, 0.25) is 0 Å². The Balaban J connectivity index is 2.44. The summed E-state index contributed by atoms with van der Waals surface area (Å²) in [4.78, 5) is 11.4. The highest BCUT2D eigenvalue weighted by Crippen LogP contribution is 2.67. The second-order valence-electron chi connectivity index (χ2n) is 5.89. The van der Waals surface area contributed by atoms with Gasteiger partial charge in [0.15, 0.2) is 0 Å². The Labute approximate surface area is 98.9 Å². The molecule has 0 heterocycles. The molecule has 0 aromatic rings. The molecule has 0 aromatic carbocycles. The lowest BCUT2D eigenvalue weighted by Gasteiger charge is -2.15. The van der Waals surface area contributed by atoms with E-state index in [2.05, 4.69) is 33.0 Å². The molecule has 1 unspecified atom stereocenters. The third kappa shape index (κ3) is 2.10. The molecule has 1 N–H and O–H groups in total. The van der Waals surface area contributed by atoms with E-state index in [1.54, 1.807) is 0 Å². The monoisotopic (exact) mass is 227 g/mol. The Morgan fingerprint density at radius 1 is 1.31 bits per heavy atom. The lowest BCUT2D eigenvalue weighted by Crippen LogP contribution is -2.38. The number of rotatable bonds is 5. The van der Waals surface area contributed by atoms with E-state index in [9.17, 15) is 4.79 Å². The molecule has 0 spiro atoms. The molecule has 1 atom stereocenters. The van der Waals surface area contributed by atoms with Crippen molar-refractivity contribution in [2.45, 2.75) is 47.1 Å². The van der Waals surface area contributed by atoms with Gasteiger partial charge in [0.25, 0.3) is 0 Å². The fourth-order valence-electron chi connectivity index (χ4n) is 2.64. The average molecular weight is 227 g/mol. The number of carbonyl (C=O) groups excluding carboxylic acids is 1. The highest BCUT2D eigenvalue weighted by molar-refractivity contribution is 5.75. The van der Waals surface area contributed by atoms with Gasteiger partial charge >= 0.3 is 5.97 Å². The van der Waals surface area contributed by atoms with E-state index >= 15 is 0 Å². The van der Waals surface area contributed by atoms with Gasteiger partial charge in [-0.05, 0) is 29.7 Å². The van der Waals surface area contributed by atoms with Gasteiger partial charge in [0.2, 0.25) is 0 Å². The molecule has 0 radical (unpaired) electrons. The van der Waals surface area contributed by atoms with Gasteiger partial charge in [-0.15, -0.1) is 0 Å². The Morgan fingerprint density at radius 2 is 1.81 bits per heavy atom. The predicted octanol–water partition coefficient (Wildman–Crippen LogP) is 2.21. The summed E-state index contributed by atoms with van der Waals surface area (Å²) in [5.41, 5.74) is 0.739. The lowest BCUT2D eigenvalue weighted by molar-refractivity contribution is -0.143. The minimum atomic E-state index is -0.155. The summed E-state index contributed by atoms with van der Waals surface area (Å²) in [7, 11) is 1.44. The van der Waals surface area contributed by atoms with Crippen LogP contribution in [0.1, 0.15) is 41.0 Å². The van der Waals surface area contributed by atoms with Crippen molar-refractivity contribution < 1.29 is 9.53 Å². The fourth-order valence-corrected chi connectivity index (χ4v) is 2.64. The smallest absolute Gasteiger partial charge is 0.322 e. The number of ether oxygens (including phenoxy) is 1. The SMILES string of the molecule is CCC(NCC1C(C)(C)C1(C)C)C(=O)OC. The second kappa shape index (κ2) is 4.36. The number of hydrogen-bond donors (Lipinski definition) is 1. The van der Waals surface area contributed by atoms with Crippen molar-refractivity contribution in [3.05, 3.63) is 0 Å². The van der Waals surface area contributed by atoms with Crippen molar-refractivity contribution in [3.63, 3.8) is 0 Å². The van der Waals surface area contributed by atoms with E-state index in [4.69, 9.17) is 4.74 Å². The van der Waals surface area contributed by atoms with Gasteiger partial charge in [-0.3, -0.25) is 4.79 Å². The summed E-state index contributed by atoms with van der Waals surface area (Å²) in [5, 5.41) is 3.32. The minimum absolute atomic E-state index is 0.154. The molecule has 0 amide bonds. The molecule has 0 bridgehead atoms. The number of hydrogen-bond acceptors (Lipinski definition) is 3. The van der Waals surface area contributed by atoms with Crippen LogP contribution >= 0.6 is 0 Å². The quantitative estimate of drug-likeness (QED) is 0.732. The van der Waals surface area contributed by atoms with Crippen molar-refractivity contribution in [2.75, 3.05) is 13.7 Å². The summed E-state index contributed by atoms with van der Waals surface area (Å²) in [6.45, 7) is 12.1. The van der Waals surface area contributed by atoms with Gasteiger partial charge in [0, 0.05) is 0 Å². The Hall–Kier alpha value is -0.570. The molecule has 0 aliphatic heterocycles. The van der Waals surface area contributed by atoms with Gasteiger partial charge in [0.1, 0.15) is 6.04 Å². The van der Waals surface area contributed by atoms with Crippen LogP contribution in [0.3, 0.4) is 0 Å². The molecule has 94 valence electrons. The third-order valence-electron chi connectivity index (χ3n) is 4.78. The van der Waals surface area contributed by atoms with E-state index in [0.29, 0.717) is 16.7 Å². The summed E-state index contributed by atoms with van der Waals surface area (Å²) in [5.74, 6) is 0.484. The molecule has 3 heteroatoms. The average Bonchev–Trinajstić information content (AvgIpc) is 2.60. The first-order valence-electron chi connectivity index (χ1n) is 6.10. The van der Waals surface area contributed by atoms with Crippen LogP contribution in [-0.4, -0.2) is 25.7 Å². The molecule has 3 nitrogen and oxygen atoms in total. The van der Waals surface area contributed by atoms with Crippen molar-refractivity contribution >= 4 is 5.97 Å². The molecule has 1 aliphatic carbocycles. The molecule has 0 saturated heterocycles. The third-order valence-corrected chi connectivity index (χ3v) is 4.78. The predicted molar refractivity (Wildman–Crippen MR) is 65.1 cm³/mol. The number of nitrogens with one attached hydrogen (secondary N) is 1. The molecule has 1 fully saturated rings. The normalized spacial score (nSPS) is 23.9. The van der Waals surface area contributed by atoms with Crippen LogP contribution in [0.4, 0.5) is 0 Å². The number of carbonyl (C=O) groups is 1. The van der Waals surface area contributed by atoms with Crippen LogP contribution in [-0.2, 0) is 9.53 Å². The van der Waals surface area contributed by atoms with Gasteiger partial charge in [-0.25, -0.2) is 0 Å². The van der Waals surface area contributed by atoms with Crippen molar-refractivity contribution in [1.29, 1.82) is 0 Å². The van der Waals surface area contributed by atoms with Crippen molar-refractivity contribution in [1.82, 2.24) is 5.32 Å². The zero-order chi connectivity index (χ0) is 12.6. The van der Waals surface area contributed by atoms with Crippen LogP contribution in [0.5, 0.6) is 0 Å². The van der Waals surface area contributed by atoms with Gasteiger partial charge in [-0.1, -0.05) is 34.6 Å². The zero-order valence-electron chi connectivity index (χ0n) is 11.4. The van der Waals surface area contributed by atoms with Gasteiger partial charge in [0.05, 0.1) is 7.11 Å². The summed E-state index contributed by atoms with van der Waals surface area (Å²) in [6, 6.07) is -0.155. The molecule has 0 aromatic heterocycles. The van der Waals surface area contributed by atoms with Gasteiger partial charge in [-0.2, -0.15) is 0 Å². The minimum Gasteiger partial charge on any atom is -0.468 e. The second-order valence-corrected chi connectivity index (χ2v) is 5.89.